The molecule has 116 valence electrons. The molecule has 1 aliphatic rings. The summed E-state index contributed by atoms with van der Waals surface area (Å²) >= 11 is 0. The zero-order valence-corrected chi connectivity index (χ0v) is 12.2. The molecule has 1 aromatic carbocycles. The van der Waals surface area contributed by atoms with E-state index in [1.807, 2.05) is 6.07 Å². The molecule has 2 rings (SSSR count). The molecule has 0 saturated heterocycles. The van der Waals surface area contributed by atoms with E-state index in [-0.39, 0.29) is 24.4 Å². The summed E-state index contributed by atoms with van der Waals surface area (Å²) in [7, 11) is 0. The van der Waals surface area contributed by atoms with E-state index in [9.17, 15) is 9.59 Å². The van der Waals surface area contributed by atoms with Crippen LogP contribution in [0.4, 0.5) is 4.79 Å². The van der Waals surface area contributed by atoms with E-state index in [1.54, 1.807) is 18.2 Å². The lowest BCUT2D eigenvalue weighted by molar-refractivity contribution is -0.126. The number of rotatable bonds is 4. The Morgan fingerprint density at radius 3 is 2.73 bits per heavy atom. The normalized spacial score (nSPS) is 20.7. The van der Waals surface area contributed by atoms with Gasteiger partial charge in [0.05, 0.1) is 17.6 Å². The summed E-state index contributed by atoms with van der Waals surface area (Å²) in [5.41, 5.74) is 1.29. The van der Waals surface area contributed by atoms with E-state index in [4.69, 9.17) is 10.4 Å². The predicted molar refractivity (Wildman–Crippen MR) is 79.9 cm³/mol. The molecule has 0 heterocycles. The van der Waals surface area contributed by atoms with Crippen LogP contribution in [0, 0.1) is 17.2 Å². The molecule has 6 heteroatoms. The van der Waals surface area contributed by atoms with Gasteiger partial charge >= 0.3 is 6.09 Å². The average Bonchev–Trinajstić information content (AvgIpc) is 2.52. The first-order chi connectivity index (χ1) is 10.6. The number of carbonyl (C=O) groups is 2. The third kappa shape index (κ3) is 3.98. The largest absolute Gasteiger partial charge is 0.465 e. The molecule has 1 fully saturated rings. The molecule has 0 aromatic heterocycles. The first kappa shape index (κ1) is 15.8. The van der Waals surface area contributed by atoms with Crippen LogP contribution >= 0.6 is 0 Å². The van der Waals surface area contributed by atoms with Gasteiger partial charge in [-0.2, -0.15) is 5.26 Å². The SMILES string of the molecule is N#Cc1ccccc1CNC(=O)C1CCCCC1NC(=O)O. The van der Waals surface area contributed by atoms with Crippen LogP contribution < -0.4 is 10.6 Å². The fraction of sp³-hybridized carbons (Fsp3) is 0.438. The molecule has 0 spiro atoms. The first-order valence-electron chi connectivity index (χ1n) is 7.37. The molecule has 0 aliphatic heterocycles. The second kappa shape index (κ2) is 7.46. The Kier molecular flexibility index (Phi) is 5.37. The highest BCUT2D eigenvalue weighted by Crippen LogP contribution is 2.24. The van der Waals surface area contributed by atoms with Gasteiger partial charge in [-0.25, -0.2) is 4.79 Å². The number of nitrogens with one attached hydrogen (secondary N) is 2. The van der Waals surface area contributed by atoms with Gasteiger partial charge in [-0.15, -0.1) is 0 Å². The third-order valence-corrected chi connectivity index (χ3v) is 4.00. The maximum absolute atomic E-state index is 12.3. The van der Waals surface area contributed by atoms with Crippen molar-refractivity contribution in [3.8, 4) is 6.07 Å². The summed E-state index contributed by atoms with van der Waals surface area (Å²) < 4.78 is 0. The quantitative estimate of drug-likeness (QED) is 0.791. The lowest BCUT2D eigenvalue weighted by Crippen LogP contribution is -2.47. The van der Waals surface area contributed by atoms with Crippen molar-refractivity contribution in [1.82, 2.24) is 10.6 Å². The highest BCUT2D eigenvalue weighted by Gasteiger charge is 2.31. The topological polar surface area (TPSA) is 102 Å². The maximum Gasteiger partial charge on any atom is 0.404 e. The molecule has 0 bridgehead atoms. The van der Waals surface area contributed by atoms with Crippen LogP contribution in [0.15, 0.2) is 24.3 Å². The van der Waals surface area contributed by atoms with Crippen molar-refractivity contribution < 1.29 is 14.7 Å². The molecular weight excluding hydrogens is 282 g/mol. The van der Waals surface area contributed by atoms with E-state index in [1.165, 1.54) is 0 Å². The molecule has 6 nitrogen and oxygen atoms in total. The summed E-state index contributed by atoms with van der Waals surface area (Å²) in [6, 6.07) is 8.85. The van der Waals surface area contributed by atoms with Gasteiger partial charge < -0.3 is 15.7 Å². The lowest BCUT2D eigenvalue weighted by Gasteiger charge is -2.30. The summed E-state index contributed by atoms with van der Waals surface area (Å²) in [6.45, 7) is 0.277. The van der Waals surface area contributed by atoms with Crippen LogP contribution in [0.2, 0.25) is 0 Å². The molecule has 0 radical (unpaired) electrons. The number of amides is 2. The first-order valence-corrected chi connectivity index (χ1v) is 7.37. The number of carbonyl (C=O) groups excluding carboxylic acids is 1. The van der Waals surface area contributed by atoms with Gasteiger partial charge in [0.2, 0.25) is 5.91 Å². The molecule has 1 aliphatic carbocycles. The number of benzene rings is 1. The van der Waals surface area contributed by atoms with Crippen molar-refractivity contribution in [3.63, 3.8) is 0 Å². The molecule has 2 atom stereocenters. The number of hydrogen-bond donors (Lipinski definition) is 3. The van der Waals surface area contributed by atoms with Crippen LogP contribution in [-0.4, -0.2) is 23.1 Å². The van der Waals surface area contributed by atoms with Gasteiger partial charge in [-0.05, 0) is 24.5 Å². The molecule has 2 amide bonds. The van der Waals surface area contributed by atoms with Crippen LogP contribution in [-0.2, 0) is 11.3 Å². The third-order valence-electron chi connectivity index (χ3n) is 4.00. The number of nitrogens with zero attached hydrogens (tertiary/aromatic N) is 1. The minimum atomic E-state index is -1.10. The number of carboxylic acid groups (broad SMARTS) is 1. The van der Waals surface area contributed by atoms with E-state index in [0.29, 0.717) is 18.4 Å². The molecule has 2 unspecified atom stereocenters. The minimum Gasteiger partial charge on any atom is -0.465 e. The van der Waals surface area contributed by atoms with Crippen molar-refractivity contribution in [2.24, 2.45) is 5.92 Å². The van der Waals surface area contributed by atoms with Gasteiger partial charge in [0.1, 0.15) is 0 Å². The maximum atomic E-state index is 12.3. The van der Waals surface area contributed by atoms with Crippen molar-refractivity contribution in [1.29, 1.82) is 5.26 Å². The average molecular weight is 301 g/mol. The highest BCUT2D eigenvalue weighted by molar-refractivity contribution is 5.80. The number of nitriles is 1. The monoisotopic (exact) mass is 301 g/mol. The standard InChI is InChI=1S/C16H19N3O3/c17-9-11-5-1-2-6-12(11)10-18-15(20)13-7-3-4-8-14(13)19-16(21)22/h1-2,5-6,13-14,19H,3-4,7-8,10H2,(H,18,20)(H,21,22). The van der Waals surface area contributed by atoms with Crippen molar-refractivity contribution in [3.05, 3.63) is 35.4 Å². The molecule has 1 saturated carbocycles. The molecule has 22 heavy (non-hydrogen) atoms. The predicted octanol–water partition coefficient (Wildman–Crippen LogP) is 2.00. The fourth-order valence-electron chi connectivity index (χ4n) is 2.87. The van der Waals surface area contributed by atoms with E-state index in [2.05, 4.69) is 16.7 Å². The Hall–Kier alpha value is -2.55. The minimum absolute atomic E-state index is 0.161. The second-order valence-electron chi connectivity index (χ2n) is 5.43. The Labute approximate surface area is 129 Å². The van der Waals surface area contributed by atoms with Crippen molar-refractivity contribution >= 4 is 12.0 Å². The number of hydrogen-bond acceptors (Lipinski definition) is 3. The Balaban J connectivity index is 1.98. The second-order valence-corrected chi connectivity index (χ2v) is 5.43. The van der Waals surface area contributed by atoms with Crippen LogP contribution in [0.1, 0.15) is 36.8 Å². The Bertz CT molecular complexity index is 595. The van der Waals surface area contributed by atoms with E-state index >= 15 is 0 Å². The van der Waals surface area contributed by atoms with Gasteiger partial charge in [0, 0.05) is 12.6 Å². The highest BCUT2D eigenvalue weighted by atomic mass is 16.4. The molecule has 1 aromatic rings. The van der Waals surface area contributed by atoms with Crippen LogP contribution in [0.5, 0.6) is 0 Å². The zero-order chi connectivity index (χ0) is 15.9. The summed E-state index contributed by atoms with van der Waals surface area (Å²) in [5.74, 6) is -0.509. The van der Waals surface area contributed by atoms with Gasteiger partial charge in [0.25, 0.3) is 0 Å². The van der Waals surface area contributed by atoms with Gasteiger partial charge in [-0.1, -0.05) is 31.0 Å². The fourth-order valence-corrected chi connectivity index (χ4v) is 2.87. The van der Waals surface area contributed by atoms with Crippen molar-refractivity contribution in [2.75, 3.05) is 0 Å². The lowest BCUT2D eigenvalue weighted by atomic mass is 9.84. The molecule has 3 N–H and O–H groups in total. The summed E-state index contributed by atoms with van der Waals surface area (Å²) in [6.07, 6.45) is 2.10. The zero-order valence-electron chi connectivity index (χ0n) is 12.2. The molecular formula is C16H19N3O3. The smallest absolute Gasteiger partial charge is 0.404 e. The summed E-state index contributed by atoms with van der Waals surface area (Å²) in [5, 5.41) is 23.2. The van der Waals surface area contributed by atoms with Crippen molar-refractivity contribution in [2.45, 2.75) is 38.3 Å². The Morgan fingerprint density at radius 2 is 2.00 bits per heavy atom. The summed E-state index contributed by atoms with van der Waals surface area (Å²) in [4.78, 5) is 23.2. The van der Waals surface area contributed by atoms with E-state index < -0.39 is 6.09 Å². The Morgan fingerprint density at radius 1 is 1.27 bits per heavy atom. The van der Waals surface area contributed by atoms with Gasteiger partial charge in [0.15, 0.2) is 0 Å². The van der Waals surface area contributed by atoms with Crippen LogP contribution in [0.25, 0.3) is 0 Å². The van der Waals surface area contributed by atoms with Crippen LogP contribution in [0.3, 0.4) is 0 Å². The van der Waals surface area contributed by atoms with Gasteiger partial charge in [-0.3, -0.25) is 4.79 Å². The van der Waals surface area contributed by atoms with E-state index in [0.717, 1.165) is 18.4 Å².